The van der Waals surface area contributed by atoms with E-state index in [0.29, 0.717) is 6.42 Å². The van der Waals surface area contributed by atoms with Crippen LogP contribution < -0.4 is 5.48 Å². The summed E-state index contributed by atoms with van der Waals surface area (Å²) in [6.07, 6.45) is 0.519. The highest BCUT2D eigenvalue weighted by Gasteiger charge is 2.14. The number of hydrogen-bond donors (Lipinski definition) is 2. The number of hydroxylamine groups is 1. The Kier molecular flexibility index (Phi) is 4.81. The first-order valence-corrected chi connectivity index (χ1v) is 3.71. The zero-order chi connectivity index (χ0) is 8.85. The highest BCUT2D eigenvalue weighted by Crippen LogP contribution is 1.92. The Morgan fingerprint density at radius 2 is 2.18 bits per heavy atom. The number of nitrogens with one attached hydrogen (secondary N) is 1. The fraction of sp³-hybridized carbons (Fsp3) is 0.857. The van der Waals surface area contributed by atoms with Crippen molar-refractivity contribution in [1.29, 1.82) is 0 Å². The summed E-state index contributed by atoms with van der Waals surface area (Å²) < 4.78 is 0. The van der Waals surface area contributed by atoms with E-state index >= 15 is 0 Å². The summed E-state index contributed by atoms with van der Waals surface area (Å²) in [6.45, 7) is 5.46. The van der Waals surface area contributed by atoms with Crippen molar-refractivity contribution in [2.45, 2.75) is 39.3 Å². The van der Waals surface area contributed by atoms with Gasteiger partial charge in [-0.3, -0.25) is 9.63 Å². The predicted octanol–water partition coefficient (Wildman–Crippen LogP) is 0.779. The Bertz CT molecular complexity index is 125. The molecule has 0 aliphatic rings. The fourth-order valence-corrected chi connectivity index (χ4v) is 0.527. The monoisotopic (exact) mass is 161 g/mol. The van der Waals surface area contributed by atoms with Gasteiger partial charge in [-0.25, -0.2) is 0 Å². The zero-order valence-electron chi connectivity index (χ0n) is 7.13. The third-order valence-corrected chi connectivity index (χ3v) is 1.15. The summed E-state index contributed by atoms with van der Waals surface area (Å²) >= 11 is 0. The van der Waals surface area contributed by atoms with Gasteiger partial charge < -0.3 is 5.11 Å². The predicted molar refractivity (Wildman–Crippen MR) is 41.1 cm³/mol. The smallest absolute Gasteiger partial charge is 0.323 e. The molecule has 0 saturated heterocycles. The minimum atomic E-state index is -0.881. The Morgan fingerprint density at radius 1 is 1.64 bits per heavy atom. The second kappa shape index (κ2) is 5.09. The number of rotatable bonds is 5. The zero-order valence-corrected chi connectivity index (χ0v) is 7.13. The van der Waals surface area contributed by atoms with Gasteiger partial charge in [0.25, 0.3) is 0 Å². The number of carboxylic acids is 1. The van der Waals surface area contributed by atoms with Gasteiger partial charge in [-0.05, 0) is 20.3 Å². The lowest BCUT2D eigenvalue weighted by Crippen LogP contribution is -2.37. The van der Waals surface area contributed by atoms with Gasteiger partial charge in [-0.2, -0.15) is 5.48 Å². The Labute approximate surface area is 66.5 Å². The first kappa shape index (κ1) is 10.4. The quantitative estimate of drug-likeness (QED) is 0.585. The summed E-state index contributed by atoms with van der Waals surface area (Å²) in [6, 6.07) is -0.600. The van der Waals surface area contributed by atoms with Crippen molar-refractivity contribution in [3.63, 3.8) is 0 Å². The lowest BCUT2D eigenvalue weighted by atomic mass is 10.2. The molecule has 4 heteroatoms. The maximum atomic E-state index is 10.4. The van der Waals surface area contributed by atoms with Gasteiger partial charge in [-0.1, -0.05) is 6.92 Å². The maximum absolute atomic E-state index is 10.4. The molecule has 0 amide bonds. The van der Waals surface area contributed by atoms with Crippen LogP contribution in [0.5, 0.6) is 0 Å². The van der Waals surface area contributed by atoms with Crippen molar-refractivity contribution in [2.24, 2.45) is 0 Å². The SMILES string of the molecule is CCC(NOC(C)C)C(=O)O. The molecule has 0 fully saturated rings. The molecule has 0 aliphatic carbocycles. The van der Waals surface area contributed by atoms with Crippen molar-refractivity contribution in [1.82, 2.24) is 5.48 Å². The second-order valence-electron chi connectivity index (χ2n) is 2.58. The van der Waals surface area contributed by atoms with E-state index < -0.39 is 12.0 Å². The summed E-state index contributed by atoms with van der Waals surface area (Å²) in [4.78, 5) is 15.3. The molecule has 1 atom stereocenters. The minimum Gasteiger partial charge on any atom is -0.480 e. The largest absolute Gasteiger partial charge is 0.480 e. The van der Waals surface area contributed by atoms with E-state index in [-0.39, 0.29) is 6.10 Å². The van der Waals surface area contributed by atoms with E-state index in [4.69, 9.17) is 9.94 Å². The average Bonchev–Trinajstić information content (AvgIpc) is 1.87. The molecule has 0 aromatic carbocycles. The van der Waals surface area contributed by atoms with Gasteiger partial charge >= 0.3 is 5.97 Å². The molecular weight excluding hydrogens is 146 g/mol. The molecule has 0 saturated carbocycles. The normalized spacial score (nSPS) is 13.5. The molecule has 0 aromatic heterocycles. The van der Waals surface area contributed by atoms with Gasteiger partial charge in [0.2, 0.25) is 0 Å². The van der Waals surface area contributed by atoms with Crippen molar-refractivity contribution >= 4 is 5.97 Å². The first-order valence-electron chi connectivity index (χ1n) is 3.71. The summed E-state index contributed by atoms with van der Waals surface area (Å²) in [7, 11) is 0. The summed E-state index contributed by atoms with van der Waals surface area (Å²) in [5.74, 6) is -0.881. The molecule has 11 heavy (non-hydrogen) atoms. The van der Waals surface area contributed by atoms with E-state index in [0.717, 1.165) is 0 Å². The van der Waals surface area contributed by atoms with Crippen LogP contribution in [0, 0.1) is 0 Å². The average molecular weight is 161 g/mol. The number of aliphatic carboxylic acids is 1. The van der Waals surface area contributed by atoms with Crippen LogP contribution in [0.2, 0.25) is 0 Å². The van der Waals surface area contributed by atoms with Crippen LogP contribution in [0.3, 0.4) is 0 Å². The van der Waals surface area contributed by atoms with Crippen molar-refractivity contribution in [2.75, 3.05) is 0 Å². The number of hydrogen-bond acceptors (Lipinski definition) is 3. The van der Waals surface area contributed by atoms with Gasteiger partial charge in [0.05, 0.1) is 6.10 Å². The molecule has 0 rings (SSSR count). The Hall–Kier alpha value is -0.610. The highest BCUT2D eigenvalue weighted by molar-refractivity contribution is 5.73. The van der Waals surface area contributed by atoms with Gasteiger partial charge in [0.15, 0.2) is 0 Å². The van der Waals surface area contributed by atoms with Crippen molar-refractivity contribution in [3.05, 3.63) is 0 Å². The fourth-order valence-electron chi connectivity index (χ4n) is 0.527. The van der Waals surface area contributed by atoms with E-state index in [1.165, 1.54) is 0 Å². The van der Waals surface area contributed by atoms with E-state index in [9.17, 15) is 4.79 Å². The lowest BCUT2D eigenvalue weighted by molar-refractivity contribution is -0.145. The number of carboxylic acid groups (broad SMARTS) is 1. The topological polar surface area (TPSA) is 58.6 Å². The van der Waals surface area contributed by atoms with Crippen LogP contribution in [0.25, 0.3) is 0 Å². The molecule has 4 nitrogen and oxygen atoms in total. The van der Waals surface area contributed by atoms with E-state index in [1.54, 1.807) is 6.92 Å². The summed E-state index contributed by atoms with van der Waals surface area (Å²) in [5, 5.41) is 8.54. The second-order valence-corrected chi connectivity index (χ2v) is 2.58. The Balaban J connectivity index is 3.61. The van der Waals surface area contributed by atoms with Crippen LogP contribution >= 0.6 is 0 Å². The van der Waals surface area contributed by atoms with Crippen molar-refractivity contribution in [3.8, 4) is 0 Å². The maximum Gasteiger partial charge on any atom is 0.323 e. The van der Waals surface area contributed by atoms with E-state index in [2.05, 4.69) is 5.48 Å². The molecule has 0 heterocycles. The molecule has 2 N–H and O–H groups in total. The lowest BCUT2D eigenvalue weighted by Gasteiger charge is -2.13. The standard InChI is InChI=1S/C7H15NO3/c1-4-6(7(9)10)8-11-5(2)3/h5-6,8H,4H2,1-3H3,(H,9,10). The molecule has 0 bridgehead atoms. The third-order valence-electron chi connectivity index (χ3n) is 1.15. The third kappa shape index (κ3) is 4.75. The van der Waals surface area contributed by atoms with Gasteiger partial charge in [0, 0.05) is 0 Å². The molecule has 0 radical (unpaired) electrons. The van der Waals surface area contributed by atoms with Gasteiger partial charge in [-0.15, -0.1) is 0 Å². The molecule has 0 spiro atoms. The van der Waals surface area contributed by atoms with Gasteiger partial charge in [0.1, 0.15) is 6.04 Å². The molecule has 0 aromatic rings. The van der Waals surface area contributed by atoms with Crippen LogP contribution in [0.1, 0.15) is 27.2 Å². The van der Waals surface area contributed by atoms with Crippen LogP contribution in [-0.2, 0) is 9.63 Å². The minimum absolute atomic E-state index is 0.00315. The Morgan fingerprint density at radius 3 is 2.45 bits per heavy atom. The molecule has 0 aliphatic heterocycles. The number of carbonyl (C=O) groups is 1. The molecule has 1 unspecified atom stereocenters. The van der Waals surface area contributed by atoms with E-state index in [1.807, 2.05) is 13.8 Å². The van der Waals surface area contributed by atoms with Crippen molar-refractivity contribution < 1.29 is 14.7 Å². The molecular formula is C7H15NO3. The summed E-state index contributed by atoms with van der Waals surface area (Å²) in [5.41, 5.74) is 2.47. The first-order chi connectivity index (χ1) is 5.07. The highest BCUT2D eigenvalue weighted by atomic mass is 16.7. The van der Waals surface area contributed by atoms with Crippen LogP contribution in [-0.4, -0.2) is 23.2 Å². The van der Waals surface area contributed by atoms with Crippen LogP contribution in [0.4, 0.5) is 0 Å². The molecule has 66 valence electrons. The van der Waals surface area contributed by atoms with Crippen LogP contribution in [0.15, 0.2) is 0 Å².